The Morgan fingerprint density at radius 1 is 0.808 bits per heavy atom. The number of phenolic OH excluding ortho intramolecular Hbond substituents is 1. The number of phenols is 1. The number of benzene rings is 3. The van der Waals surface area contributed by atoms with E-state index in [4.69, 9.17) is 4.55 Å². The molecule has 0 spiro atoms. The summed E-state index contributed by atoms with van der Waals surface area (Å²) in [5.74, 6) is 0.0172. The van der Waals surface area contributed by atoms with Gasteiger partial charge in [0.15, 0.2) is 0 Å². The van der Waals surface area contributed by atoms with Gasteiger partial charge in [0, 0.05) is 0 Å². The number of aromatic nitrogens is 3. The molecule has 0 bridgehead atoms. The number of nitrogens with zero attached hydrogens (tertiary/aromatic N) is 3. The lowest BCUT2D eigenvalue weighted by Gasteiger charge is -2.07. The highest BCUT2D eigenvalue weighted by Gasteiger charge is 2.12. The van der Waals surface area contributed by atoms with Gasteiger partial charge in [-0.25, -0.2) is 0 Å². The number of hydrogen-bond acceptors (Lipinski definition) is 5. The molecule has 4 aromatic rings. The van der Waals surface area contributed by atoms with Crippen LogP contribution in [0.5, 0.6) is 5.75 Å². The predicted molar refractivity (Wildman–Crippen MR) is 95.8 cm³/mol. The van der Waals surface area contributed by atoms with E-state index in [-0.39, 0.29) is 10.6 Å². The van der Waals surface area contributed by atoms with Crippen LogP contribution in [0.4, 0.5) is 0 Å². The molecule has 0 aliphatic heterocycles. The topological polar surface area (TPSA) is 105 Å². The minimum Gasteiger partial charge on any atom is -0.506 e. The molecule has 0 fully saturated rings. The summed E-state index contributed by atoms with van der Waals surface area (Å²) in [5.41, 5.74) is 3.26. The van der Waals surface area contributed by atoms with Gasteiger partial charge in [0.1, 0.15) is 22.5 Å². The smallest absolute Gasteiger partial charge is 0.294 e. The van der Waals surface area contributed by atoms with Gasteiger partial charge >= 0.3 is 0 Å². The normalized spacial score (nSPS) is 11.7. The Kier molecular flexibility index (Phi) is 3.71. The van der Waals surface area contributed by atoms with E-state index in [2.05, 4.69) is 10.2 Å². The van der Waals surface area contributed by atoms with Crippen LogP contribution in [0.1, 0.15) is 0 Å². The fourth-order valence-electron chi connectivity index (χ4n) is 2.65. The maximum atomic E-state index is 11.2. The molecule has 1 heterocycles. The van der Waals surface area contributed by atoms with Crippen molar-refractivity contribution in [2.24, 2.45) is 0 Å². The van der Waals surface area contributed by atoms with Crippen LogP contribution >= 0.6 is 0 Å². The highest BCUT2D eigenvalue weighted by atomic mass is 32.2. The van der Waals surface area contributed by atoms with E-state index in [1.165, 1.54) is 23.0 Å². The van der Waals surface area contributed by atoms with Gasteiger partial charge in [-0.3, -0.25) is 4.55 Å². The number of aromatic hydroxyl groups is 1. The van der Waals surface area contributed by atoms with Crippen molar-refractivity contribution in [3.05, 3.63) is 66.7 Å². The first-order valence-electron chi connectivity index (χ1n) is 7.65. The van der Waals surface area contributed by atoms with Crippen molar-refractivity contribution in [2.45, 2.75) is 4.90 Å². The summed E-state index contributed by atoms with van der Waals surface area (Å²) in [6.45, 7) is 0. The second-order valence-electron chi connectivity index (χ2n) is 5.68. The van der Waals surface area contributed by atoms with E-state index < -0.39 is 10.1 Å². The third kappa shape index (κ3) is 2.92. The van der Waals surface area contributed by atoms with E-state index in [0.29, 0.717) is 16.7 Å². The first kappa shape index (κ1) is 16.2. The highest BCUT2D eigenvalue weighted by Crippen LogP contribution is 2.29. The Balaban J connectivity index is 1.79. The number of rotatable bonds is 3. The van der Waals surface area contributed by atoms with Crippen LogP contribution in [0.3, 0.4) is 0 Å². The van der Waals surface area contributed by atoms with Crippen LogP contribution in [-0.4, -0.2) is 33.1 Å². The van der Waals surface area contributed by atoms with Crippen molar-refractivity contribution < 1.29 is 18.1 Å². The van der Waals surface area contributed by atoms with E-state index in [1.807, 2.05) is 24.3 Å². The number of fused-ring (bicyclic) bond motifs is 1. The Bertz CT molecular complexity index is 1180. The zero-order valence-corrected chi connectivity index (χ0v) is 14.1. The standard InChI is InChI=1S/C18H13N3O4S/c22-18-10-7-13(12-5-8-14(9-6-12)26(23,24)25)11-17(18)21-19-15-3-1-2-4-16(15)20-21/h1-11,22H,(H,23,24,25). The van der Waals surface area contributed by atoms with Crippen LogP contribution in [0, 0.1) is 0 Å². The van der Waals surface area contributed by atoms with E-state index in [0.717, 1.165) is 11.1 Å². The summed E-state index contributed by atoms with van der Waals surface area (Å²) in [6, 6.07) is 18.1. The molecule has 130 valence electrons. The molecular weight excluding hydrogens is 354 g/mol. The molecule has 0 aliphatic carbocycles. The Hall–Kier alpha value is -3.23. The third-order valence-electron chi connectivity index (χ3n) is 3.96. The lowest BCUT2D eigenvalue weighted by Crippen LogP contribution is -2.00. The highest BCUT2D eigenvalue weighted by molar-refractivity contribution is 7.85. The first-order valence-corrected chi connectivity index (χ1v) is 9.09. The molecule has 7 nitrogen and oxygen atoms in total. The molecule has 8 heteroatoms. The molecule has 0 aliphatic rings. The lowest BCUT2D eigenvalue weighted by atomic mass is 10.0. The molecule has 4 rings (SSSR count). The second kappa shape index (κ2) is 5.94. The van der Waals surface area contributed by atoms with Crippen molar-refractivity contribution in [3.8, 4) is 22.6 Å². The maximum absolute atomic E-state index is 11.2. The Morgan fingerprint density at radius 3 is 1.96 bits per heavy atom. The molecule has 0 atom stereocenters. The minimum atomic E-state index is -4.24. The summed E-state index contributed by atoms with van der Waals surface area (Å²) in [7, 11) is -4.24. The van der Waals surface area contributed by atoms with Gasteiger partial charge in [-0.05, 0) is 47.5 Å². The zero-order valence-electron chi connectivity index (χ0n) is 13.3. The van der Waals surface area contributed by atoms with Crippen LogP contribution in [0.15, 0.2) is 71.6 Å². The molecule has 0 saturated heterocycles. The molecule has 26 heavy (non-hydrogen) atoms. The number of hydrogen-bond donors (Lipinski definition) is 2. The van der Waals surface area contributed by atoms with Gasteiger partial charge < -0.3 is 5.11 Å². The first-order chi connectivity index (χ1) is 12.4. The molecule has 0 amide bonds. The molecule has 0 saturated carbocycles. The third-order valence-corrected chi connectivity index (χ3v) is 4.83. The molecular formula is C18H13N3O4S. The van der Waals surface area contributed by atoms with Crippen molar-refractivity contribution in [2.75, 3.05) is 0 Å². The molecule has 2 N–H and O–H groups in total. The van der Waals surface area contributed by atoms with Crippen molar-refractivity contribution in [3.63, 3.8) is 0 Å². The lowest BCUT2D eigenvalue weighted by molar-refractivity contribution is 0.468. The van der Waals surface area contributed by atoms with E-state index >= 15 is 0 Å². The summed E-state index contributed by atoms with van der Waals surface area (Å²) in [6.07, 6.45) is 0. The summed E-state index contributed by atoms with van der Waals surface area (Å²) < 4.78 is 31.4. The fraction of sp³-hybridized carbons (Fsp3) is 0. The summed E-state index contributed by atoms with van der Waals surface area (Å²) in [5, 5.41) is 18.9. The SMILES string of the molecule is O=S(=O)(O)c1ccc(-c2ccc(O)c(-n3nc4ccccc4n3)c2)cc1. The summed E-state index contributed by atoms with van der Waals surface area (Å²) >= 11 is 0. The van der Waals surface area contributed by atoms with Gasteiger partial charge in [-0.2, -0.15) is 8.42 Å². The largest absolute Gasteiger partial charge is 0.506 e. The average molecular weight is 367 g/mol. The quantitative estimate of drug-likeness (QED) is 0.539. The Morgan fingerprint density at radius 2 is 1.38 bits per heavy atom. The fourth-order valence-corrected chi connectivity index (χ4v) is 3.13. The summed E-state index contributed by atoms with van der Waals surface area (Å²) in [4.78, 5) is 1.18. The van der Waals surface area contributed by atoms with Crippen molar-refractivity contribution in [1.29, 1.82) is 0 Å². The van der Waals surface area contributed by atoms with Gasteiger partial charge in [-0.15, -0.1) is 15.0 Å². The van der Waals surface area contributed by atoms with Crippen LogP contribution in [0.25, 0.3) is 27.8 Å². The molecule has 3 aromatic carbocycles. The van der Waals surface area contributed by atoms with Crippen LogP contribution < -0.4 is 0 Å². The minimum absolute atomic E-state index is 0.0172. The monoisotopic (exact) mass is 367 g/mol. The van der Waals surface area contributed by atoms with Gasteiger partial charge in [0.05, 0.1) is 4.90 Å². The van der Waals surface area contributed by atoms with E-state index in [1.54, 1.807) is 24.3 Å². The van der Waals surface area contributed by atoms with Gasteiger partial charge in [0.2, 0.25) is 0 Å². The average Bonchev–Trinajstić information content (AvgIpc) is 3.05. The second-order valence-corrected chi connectivity index (χ2v) is 7.10. The maximum Gasteiger partial charge on any atom is 0.294 e. The van der Waals surface area contributed by atoms with Crippen LogP contribution in [-0.2, 0) is 10.1 Å². The van der Waals surface area contributed by atoms with Crippen molar-refractivity contribution >= 4 is 21.2 Å². The van der Waals surface area contributed by atoms with Gasteiger partial charge in [0.25, 0.3) is 10.1 Å². The van der Waals surface area contributed by atoms with E-state index in [9.17, 15) is 13.5 Å². The predicted octanol–water partition coefficient (Wildman–Crippen LogP) is 3.04. The molecule has 1 aromatic heterocycles. The van der Waals surface area contributed by atoms with Crippen molar-refractivity contribution in [1.82, 2.24) is 15.0 Å². The Labute approximate surface area is 148 Å². The molecule has 0 radical (unpaired) electrons. The molecule has 0 unspecified atom stereocenters. The zero-order chi connectivity index (χ0) is 18.3. The van der Waals surface area contributed by atoms with Gasteiger partial charge in [-0.1, -0.05) is 30.3 Å². The van der Waals surface area contributed by atoms with Crippen LogP contribution in [0.2, 0.25) is 0 Å².